The number of phenolic OH excluding ortho intramolecular Hbond substituents is 1. The molecule has 0 fully saturated rings. The minimum atomic E-state index is 0.0268. The monoisotopic (exact) mass is 304 g/mol. The molecule has 0 aromatic heterocycles. The van der Waals surface area contributed by atoms with Gasteiger partial charge in [-0.3, -0.25) is 0 Å². The van der Waals surface area contributed by atoms with Crippen LogP contribution in [0.15, 0.2) is 46.9 Å². The summed E-state index contributed by atoms with van der Waals surface area (Å²) in [5, 5.41) is 10.1. The molecule has 0 aliphatic carbocycles. The van der Waals surface area contributed by atoms with Crippen molar-refractivity contribution < 1.29 is 9.84 Å². The van der Waals surface area contributed by atoms with Gasteiger partial charge in [0.2, 0.25) is 0 Å². The van der Waals surface area contributed by atoms with Crippen molar-refractivity contribution in [3.05, 3.63) is 63.6 Å². The van der Waals surface area contributed by atoms with Gasteiger partial charge in [-0.2, -0.15) is 0 Å². The van der Waals surface area contributed by atoms with E-state index in [1.807, 2.05) is 30.3 Å². The molecule has 2 aromatic carbocycles. The van der Waals surface area contributed by atoms with E-state index in [9.17, 15) is 5.11 Å². The molecule has 0 radical (unpaired) electrons. The van der Waals surface area contributed by atoms with Gasteiger partial charge in [-0.05, 0) is 33.1 Å². The number of fused-ring (bicyclic) bond motifs is 1. The van der Waals surface area contributed by atoms with Gasteiger partial charge in [0.15, 0.2) is 0 Å². The molecule has 0 saturated carbocycles. The van der Waals surface area contributed by atoms with Crippen molar-refractivity contribution in [2.24, 2.45) is 0 Å². The maximum Gasteiger partial charge on any atom is 0.133 e. The largest absolute Gasteiger partial charge is 0.506 e. The molecule has 0 spiro atoms. The fourth-order valence-corrected chi connectivity index (χ4v) is 2.70. The van der Waals surface area contributed by atoms with Crippen molar-refractivity contribution in [2.45, 2.75) is 19.1 Å². The van der Waals surface area contributed by atoms with Crippen LogP contribution in [-0.2, 0) is 17.8 Å². The molecule has 92 valence electrons. The summed E-state index contributed by atoms with van der Waals surface area (Å²) in [4.78, 5) is 0. The molecule has 0 unspecified atom stereocenters. The van der Waals surface area contributed by atoms with E-state index < -0.39 is 0 Å². The van der Waals surface area contributed by atoms with Crippen LogP contribution in [-0.4, -0.2) is 5.11 Å². The Morgan fingerprint density at radius 2 is 1.89 bits per heavy atom. The van der Waals surface area contributed by atoms with Crippen molar-refractivity contribution in [2.75, 3.05) is 0 Å². The Kier molecular flexibility index (Phi) is 3.10. The van der Waals surface area contributed by atoms with Gasteiger partial charge in [-0.15, -0.1) is 0 Å². The second-order valence-electron chi connectivity index (χ2n) is 4.45. The highest BCUT2D eigenvalue weighted by molar-refractivity contribution is 9.10. The Morgan fingerprint density at radius 1 is 1.11 bits per heavy atom. The van der Waals surface area contributed by atoms with Crippen LogP contribution in [0.5, 0.6) is 5.75 Å². The van der Waals surface area contributed by atoms with E-state index >= 15 is 0 Å². The first-order chi connectivity index (χ1) is 8.75. The molecule has 18 heavy (non-hydrogen) atoms. The number of benzene rings is 2. The molecule has 2 nitrogen and oxygen atoms in total. The van der Waals surface area contributed by atoms with Gasteiger partial charge >= 0.3 is 0 Å². The number of hydrogen-bond acceptors (Lipinski definition) is 2. The zero-order valence-electron chi connectivity index (χ0n) is 9.77. The number of halogens is 1. The lowest BCUT2D eigenvalue weighted by molar-refractivity contribution is 0.0266. The molecule has 1 N–H and O–H groups in total. The SMILES string of the molecule is Oc1c(Br)ccc2c1C[C@@H](c1ccccc1)OC2. The second kappa shape index (κ2) is 4.75. The number of rotatable bonds is 1. The predicted molar refractivity (Wildman–Crippen MR) is 73.5 cm³/mol. The van der Waals surface area contributed by atoms with Crippen molar-refractivity contribution in [1.29, 1.82) is 0 Å². The first-order valence-corrected chi connectivity index (χ1v) is 6.71. The molecule has 3 heteroatoms. The molecular weight excluding hydrogens is 292 g/mol. The zero-order chi connectivity index (χ0) is 12.5. The van der Waals surface area contributed by atoms with Gasteiger partial charge in [0.25, 0.3) is 0 Å². The lowest BCUT2D eigenvalue weighted by Gasteiger charge is -2.26. The molecular formula is C15H13BrO2. The minimum Gasteiger partial charge on any atom is -0.506 e. The van der Waals surface area contributed by atoms with Gasteiger partial charge in [-0.25, -0.2) is 0 Å². The first kappa shape index (κ1) is 11.8. The van der Waals surface area contributed by atoms with Crippen LogP contribution < -0.4 is 0 Å². The Morgan fingerprint density at radius 3 is 2.67 bits per heavy atom. The average Bonchev–Trinajstić information content (AvgIpc) is 2.44. The van der Waals surface area contributed by atoms with E-state index in [1.54, 1.807) is 0 Å². The number of ether oxygens (including phenoxy) is 1. The highest BCUT2D eigenvalue weighted by Crippen LogP contribution is 2.38. The lowest BCUT2D eigenvalue weighted by atomic mass is 9.94. The normalized spacial score (nSPS) is 18.4. The fraction of sp³-hybridized carbons (Fsp3) is 0.200. The van der Waals surface area contributed by atoms with Crippen LogP contribution in [0.1, 0.15) is 22.8 Å². The summed E-state index contributed by atoms with van der Waals surface area (Å²) in [7, 11) is 0. The van der Waals surface area contributed by atoms with Crippen LogP contribution in [0.2, 0.25) is 0 Å². The van der Waals surface area contributed by atoms with Gasteiger partial charge in [0.1, 0.15) is 5.75 Å². The Hall–Kier alpha value is -1.32. The third-order valence-corrected chi connectivity index (χ3v) is 3.97. The molecule has 0 amide bonds. The maximum atomic E-state index is 10.1. The molecule has 1 heterocycles. The highest BCUT2D eigenvalue weighted by atomic mass is 79.9. The third-order valence-electron chi connectivity index (χ3n) is 3.33. The van der Waals surface area contributed by atoms with Gasteiger partial charge in [0, 0.05) is 12.0 Å². The Balaban J connectivity index is 1.96. The Bertz CT molecular complexity index is 566. The van der Waals surface area contributed by atoms with E-state index in [0.717, 1.165) is 21.2 Å². The zero-order valence-corrected chi connectivity index (χ0v) is 11.4. The van der Waals surface area contributed by atoms with E-state index in [0.29, 0.717) is 18.8 Å². The predicted octanol–water partition coefficient (Wildman–Crippen LogP) is 3.97. The minimum absolute atomic E-state index is 0.0268. The van der Waals surface area contributed by atoms with Crippen LogP contribution in [0.4, 0.5) is 0 Å². The smallest absolute Gasteiger partial charge is 0.133 e. The molecule has 1 atom stereocenters. The summed E-state index contributed by atoms with van der Waals surface area (Å²) in [6, 6.07) is 14.0. The van der Waals surface area contributed by atoms with Crippen LogP contribution in [0.25, 0.3) is 0 Å². The quantitative estimate of drug-likeness (QED) is 0.864. The van der Waals surface area contributed by atoms with E-state index in [1.165, 1.54) is 0 Å². The fourth-order valence-electron chi connectivity index (χ4n) is 2.33. The van der Waals surface area contributed by atoms with Crippen molar-refractivity contribution in [3.8, 4) is 5.75 Å². The third kappa shape index (κ3) is 2.04. The summed E-state index contributed by atoms with van der Waals surface area (Å²) in [5.41, 5.74) is 3.22. The number of aromatic hydroxyl groups is 1. The first-order valence-electron chi connectivity index (χ1n) is 5.91. The lowest BCUT2D eigenvalue weighted by Crippen LogP contribution is -2.15. The van der Waals surface area contributed by atoms with Gasteiger partial charge < -0.3 is 9.84 Å². The summed E-state index contributed by atoms with van der Waals surface area (Å²) in [6.45, 7) is 0.551. The Labute approximate surface area is 114 Å². The molecule has 1 aliphatic heterocycles. The number of hydrogen-bond donors (Lipinski definition) is 1. The molecule has 1 aliphatic rings. The molecule has 0 saturated heterocycles. The van der Waals surface area contributed by atoms with Crippen molar-refractivity contribution in [3.63, 3.8) is 0 Å². The van der Waals surface area contributed by atoms with Crippen LogP contribution in [0.3, 0.4) is 0 Å². The van der Waals surface area contributed by atoms with Crippen molar-refractivity contribution >= 4 is 15.9 Å². The van der Waals surface area contributed by atoms with Gasteiger partial charge in [0.05, 0.1) is 17.2 Å². The highest BCUT2D eigenvalue weighted by Gasteiger charge is 2.23. The summed E-state index contributed by atoms with van der Waals surface area (Å²) in [6.07, 6.45) is 0.740. The van der Waals surface area contributed by atoms with Crippen molar-refractivity contribution in [1.82, 2.24) is 0 Å². The van der Waals surface area contributed by atoms with Crippen LogP contribution >= 0.6 is 15.9 Å². The summed E-state index contributed by atoms with van der Waals surface area (Å²) in [5.74, 6) is 0.344. The standard InChI is InChI=1S/C15H13BrO2/c16-13-7-6-11-9-18-14(8-12(11)15(13)17)10-4-2-1-3-5-10/h1-7,14,17H,8-9H2/t14-/m0/s1. The summed E-state index contributed by atoms with van der Waals surface area (Å²) >= 11 is 3.36. The van der Waals surface area contributed by atoms with E-state index in [4.69, 9.17) is 4.74 Å². The molecule has 0 bridgehead atoms. The van der Waals surface area contributed by atoms with E-state index in [2.05, 4.69) is 28.1 Å². The molecule has 2 aromatic rings. The number of phenols is 1. The average molecular weight is 305 g/mol. The van der Waals surface area contributed by atoms with Crippen LogP contribution in [0, 0.1) is 0 Å². The van der Waals surface area contributed by atoms with Gasteiger partial charge in [-0.1, -0.05) is 36.4 Å². The van der Waals surface area contributed by atoms with E-state index in [-0.39, 0.29) is 6.10 Å². The second-order valence-corrected chi connectivity index (χ2v) is 5.30. The topological polar surface area (TPSA) is 29.5 Å². The summed E-state index contributed by atoms with van der Waals surface area (Å²) < 4.78 is 6.60. The maximum absolute atomic E-state index is 10.1. The molecule has 3 rings (SSSR count).